The van der Waals surface area contributed by atoms with Crippen LogP contribution in [0.5, 0.6) is 0 Å². The largest absolute Gasteiger partial charge is 0.416 e. The molecule has 2 aliphatic rings. The lowest BCUT2D eigenvalue weighted by molar-refractivity contribution is -0.137. The zero-order valence-corrected chi connectivity index (χ0v) is 17.9. The van der Waals surface area contributed by atoms with E-state index in [4.69, 9.17) is 0 Å². The van der Waals surface area contributed by atoms with E-state index in [0.717, 1.165) is 12.1 Å². The average molecular weight is 453 g/mol. The molecule has 1 amide bonds. The predicted octanol–water partition coefficient (Wildman–Crippen LogP) is 2.88. The summed E-state index contributed by atoms with van der Waals surface area (Å²) in [5.41, 5.74) is -0.338. The molecule has 1 aromatic carbocycles. The Morgan fingerprint density at radius 1 is 1.26 bits per heavy atom. The van der Waals surface area contributed by atoms with Gasteiger partial charge in [0.15, 0.2) is 11.0 Å². The van der Waals surface area contributed by atoms with Gasteiger partial charge < -0.3 is 4.90 Å². The number of halogens is 3. The SMILES string of the molecule is CCc1nc2n(n1)C(=O)C(C(c1cccc(C(F)(F)F)c1)N1CCN(C(C)=O)CC1)S2. The number of aromatic nitrogens is 3. The van der Waals surface area contributed by atoms with Crippen LogP contribution >= 0.6 is 11.8 Å². The number of rotatable bonds is 4. The fourth-order valence-corrected chi connectivity index (χ4v) is 5.26. The van der Waals surface area contributed by atoms with Crippen molar-refractivity contribution in [1.29, 1.82) is 0 Å². The van der Waals surface area contributed by atoms with Gasteiger partial charge in [0.1, 0.15) is 5.25 Å². The summed E-state index contributed by atoms with van der Waals surface area (Å²) in [6.07, 6.45) is -3.90. The second kappa shape index (κ2) is 8.27. The number of benzene rings is 1. The van der Waals surface area contributed by atoms with Crippen LogP contribution in [0, 0.1) is 0 Å². The first-order chi connectivity index (χ1) is 14.7. The first-order valence-electron chi connectivity index (χ1n) is 10.0. The number of aryl methyl sites for hydroxylation is 1. The van der Waals surface area contributed by atoms with Crippen LogP contribution in [-0.4, -0.2) is 67.8 Å². The number of nitrogens with zero attached hydrogens (tertiary/aromatic N) is 5. The van der Waals surface area contributed by atoms with Gasteiger partial charge in [0.05, 0.1) is 11.6 Å². The van der Waals surface area contributed by atoms with Gasteiger partial charge in [-0.05, 0) is 17.7 Å². The monoisotopic (exact) mass is 453 g/mol. The number of piperazine rings is 1. The van der Waals surface area contributed by atoms with Crippen molar-refractivity contribution in [3.8, 4) is 0 Å². The van der Waals surface area contributed by atoms with Crippen LogP contribution in [0.15, 0.2) is 29.4 Å². The maximum Gasteiger partial charge on any atom is 0.416 e. The molecule has 0 bridgehead atoms. The second-order valence-electron chi connectivity index (χ2n) is 7.56. The molecule has 0 N–H and O–H groups in total. The Morgan fingerprint density at radius 3 is 2.55 bits per heavy atom. The zero-order chi connectivity index (χ0) is 22.3. The maximum atomic E-state index is 13.4. The van der Waals surface area contributed by atoms with Crippen molar-refractivity contribution in [2.45, 2.75) is 42.9 Å². The average Bonchev–Trinajstić information content (AvgIpc) is 3.27. The molecule has 2 aromatic rings. The molecule has 31 heavy (non-hydrogen) atoms. The van der Waals surface area contributed by atoms with E-state index >= 15 is 0 Å². The van der Waals surface area contributed by atoms with Crippen LogP contribution in [0.4, 0.5) is 13.2 Å². The predicted molar refractivity (Wildman–Crippen MR) is 108 cm³/mol. The first kappa shape index (κ1) is 21.8. The van der Waals surface area contributed by atoms with E-state index in [1.807, 2.05) is 11.8 Å². The fraction of sp³-hybridized carbons (Fsp3) is 0.500. The van der Waals surface area contributed by atoms with Crippen molar-refractivity contribution in [2.75, 3.05) is 26.2 Å². The normalized spacial score (nSPS) is 20.7. The van der Waals surface area contributed by atoms with Gasteiger partial charge in [0.2, 0.25) is 5.91 Å². The van der Waals surface area contributed by atoms with Crippen LogP contribution in [0.3, 0.4) is 0 Å². The van der Waals surface area contributed by atoms with Crippen molar-refractivity contribution in [3.63, 3.8) is 0 Å². The Kier molecular flexibility index (Phi) is 5.82. The number of fused-ring (bicyclic) bond motifs is 1. The van der Waals surface area contributed by atoms with Gasteiger partial charge in [-0.15, -0.1) is 5.10 Å². The summed E-state index contributed by atoms with van der Waals surface area (Å²) < 4.78 is 41.4. The molecule has 11 heteroatoms. The van der Waals surface area contributed by atoms with E-state index < -0.39 is 23.0 Å². The molecular weight excluding hydrogens is 431 g/mol. The van der Waals surface area contributed by atoms with Crippen molar-refractivity contribution < 1.29 is 22.8 Å². The van der Waals surface area contributed by atoms with Crippen molar-refractivity contribution >= 4 is 23.6 Å². The lowest BCUT2D eigenvalue weighted by Gasteiger charge is -2.40. The molecule has 0 aliphatic carbocycles. The number of thioether (sulfide) groups is 1. The maximum absolute atomic E-state index is 13.4. The van der Waals surface area contributed by atoms with Gasteiger partial charge in [-0.25, -0.2) is 4.98 Å². The molecule has 3 heterocycles. The number of carbonyl (C=O) groups is 2. The summed E-state index contributed by atoms with van der Waals surface area (Å²) in [4.78, 5) is 32.9. The molecule has 1 fully saturated rings. The third kappa shape index (κ3) is 4.20. The molecule has 2 unspecified atom stereocenters. The van der Waals surface area contributed by atoms with Gasteiger partial charge >= 0.3 is 6.18 Å². The molecule has 2 atom stereocenters. The highest BCUT2D eigenvalue weighted by atomic mass is 32.2. The standard InChI is InChI=1S/C20H22F3N5O2S/c1-3-15-24-19-28(25-15)18(30)17(31-19)16(27-9-7-26(8-10-27)12(2)29)13-5-4-6-14(11-13)20(21,22)23/h4-6,11,16-17H,3,7-10H2,1-2H3. The van der Waals surface area contributed by atoms with E-state index in [1.54, 1.807) is 11.0 Å². The van der Waals surface area contributed by atoms with Crippen LogP contribution < -0.4 is 0 Å². The van der Waals surface area contributed by atoms with Gasteiger partial charge in [-0.2, -0.15) is 17.9 Å². The number of hydrogen-bond donors (Lipinski definition) is 0. The Bertz CT molecular complexity index is 1000. The lowest BCUT2D eigenvalue weighted by atomic mass is 9.98. The van der Waals surface area contributed by atoms with Crippen LogP contribution in [-0.2, 0) is 17.4 Å². The van der Waals surface area contributed by atoms with E-state index in [1.165, 1.54) is 29.4 Å². The second-order valence-corrected chi connectivity index (χ2v) is 8.67. The van der Waals surface area contributed by atoms with Crippen LogP contribution in [0.1, 0.15) is 41.6 Å². The van der Waals surface area contributed by atoms with Gasteiger partial charge in [-0.3, -0.25) is 14.5 Å². The minimum absolute atomic E-state index is 0.0435. The topological polar surface area (TPSA) is 71.3 Å². The van der Waals surface area contributed by atoms with Gasteiger partial charge in [0.25, 0.3) is 5.91 Å². The summed E-state index contributed by atoms with van der Waals surface area (Å²) in [6, 6.07) is 4.53. The first-order valence-corrected chi connectivity index (χ1v) is 10.9. The number of alkyl halides is 3. The molecule has 0 radical (unpaired) electrons. The van der Waals surface area contributed by atoms with Crippen molar-refractivity contribution in [1.82, 2.24) is 24.6 Å². The molecule has 0 saturated carbocycles. The molecule has 4 rings (SSSR count). The molecule has 7 nitrogen and oxygen atoms in total. The van der Waals surface area contributed by atoms with Crippen LogP contribution in [0.2, 0.25) is 0 Å². The summed E-state index contributed by atoms with van der Waals surface area (Å²) in [5, 5.41) is 4.03. The van der Waals surface area contributed by atoms with Crippen molar-refractivity contribution in [2.24, 2.45) is 0 Å². The number of amides is 1. The Morgan fingerprint density at radius 2 is 1.97 bits per heavy atom. The third-order valence-corrected chi connectivity index (χ3v) is 6.81. The summed E-state index contributed by atoms with van der Waals surface area (Å²) >= 11 is 1.23. The molecular formula is C20H22F3N5O2S. The van der Waals surface area contributed by atoms with Crippen LogP contribution in [0.25, 0.3) is 0 Å². The summed E-state index contributed by atoms with van der Waals surface area (Å²) in [6.45, 7) is 5.21. The molecule has 1 saturated heterocycles. The van der Waals surface area contributed by atoms with Gasteiger partial charge in [0, 0.05) is 39.5 Å². The highest BCUT2D eigenvalue weighted by molar-refractivity contribution is 8.00. The molecule has 1 aromatic heterocycles. The smallest absolute Gasteiger partial charge is 0.340 e. The van der Waals surface area contributed by atoms with E-state index in [9.17, 15) is 22.8 Å². The molecule has 0 spiro atoms. The molecule has 166 valence electrons. The summed E-state index contributed by atoms with van der Waals surface area (Å²) in [7, 11) is 0. The highest BCUT2D eigenvalue weighted by Crippen LogP contribution is 2.42. The number of hydrogen-bond acceptors (Lipinski definition) is 6. The highest BCUT2D eigenvalue weighted by Gasteiger charge is 2.44. The Labute approximate surface area is 181 Å². The molecule has 2 aliphatic heterocycles. The van der Waals surface area contributed by atoms with Crippen molar-refractivity contribution in [3.05, 3.63) is 41.2 Å². The zero-order valence-electron chi connectivity index (χ0n) is 17.1. The quantitative estimate of drug-likeness (QED) is 0.709. The fourth-order valence-electron chi connectivity index (χ4n) is 3.98. The van der Waals surface area contributed by atoms with E-state index in [-0.39, 0.29) is 11.8 Å². The van der Waals surface area contributed by atoms with Gasteiger partial charge in [-0.1, -0.05) is 30.8 Å². The summed E-state index contributed by atoms with van der Waals surface area (Å²) in [5.74, 6) is 0.224. The van der Waals surface area contributed by atoms with E-state index in [0.29, 0.717) is 49.1 Å². The lowest BCUT2D eigenvalue weighted by Crippen LogP contribution is -2.51. The third-order valence-electron chi connectivity index (χ3n) is 5.62. The Hall–Kier alpha value is -2.40. The number of carbonyl (C=O) groups excluding carboxylic acids is 2. The minimum atomic E-state index is -4.48. The Balaban J connectivity index is 1.68. The minimum Gasteiger partial charge on any atom is -0.340 e. The van der Waals surface area contributed by atoms with E-state index in [2.05, 4.69) is 10.1 Å².